The number of allylic oxidation sites excluding steroid dienone is 4. The van der Waals surface area contributed by atoms with Gasteiger partial charge >= 0.3 is 0 Å². The SMILES string of the molecule is C=C1CC(=C)[C@H](O)C/C1=C/C=C1\CCCC2(CC)[C@@H](C(C)CCCC(C)(C)O)CC[C@@H]12. The average Bonchev–Trinajstić information content (AvgIpc) is 3.09. The zero-order chi connectivity index (χ0) is 22.8. The fraction of sp³-hybridized carbons (Fsp3) is 0.724. The lowest BCUT2D eigenvalue weighted by Gasteiger charge is -2.47. The van der Waals surface area contributed by atoms with Crippen molar-refractivity contribution in [2.45, 2.75) is 110 Å². The van der Waals surface area contributed by atoms with Gasteiger partial charge in [-0.1, -0.05) is 57.6 Å². The molecule has 0 aromatic carbocycles. The highest BCUT2D eigenvalue weighted by Crippen LogP contribution is 2.61. The maximum Gasteiger partial charge on any atom is 0.0791 e. The summed E-state index contributed by atoms with van der Waals surface area (Å²) in [5.74, 6) is 2.24. The first-order valence-corrected chi connectivity index (χ1v) is 12.7. The summed E-state index contributed by atoms with van der Waals surface area (Å²) < 4.78 is 0. The molecule has 174 valence electrons. The van der Waals surface area contributed by atoms with Gasteiger partial charge in [0.2, 0.25) is 0 Å². The Hall–Kier alpha value is -1.12. The predicted molar refractivity (Wildman–Crippen MR) is 132 cm³/mol. The highest BCUT2D eigenvalue weighted by molar-refractivity contribution is 5.41. The lowest BCUT2D eigenvalue weighted by molar-refractivity contribution is 0.0519. The Morgan fingerprint density at radius 2 is 1.97 bits per heavy atom. The zero-order valence-electron chi connectivity index (χ0n) is 20.6. The summed E-state index contributed by atoms with van der Waals surface area (Å²) >= 11 is 0. The van der Waals surface area contributed by atoms with Crippen molar-refractivity contribution in [3.8, 4) is 0 Å². The zero-order valence-corrected chi connectivity index (χ0v) is 20.6. The first-order valence-electron chi connectivity index (χ1n) is 12.7. The van der Waals surface area contributed by atoms with E-state index in [0.29, 0.717) is 17.8 Å². The van der Waals surface area contributed by atoms with Crippen LogP contribution < -0.4 is 0 Å². The molecule has 3 rings (SSSR count). The van der Waals surface area contributed by atoms with Gasteiger partial charge in [-0.05, 0) is 105 Å². The van der Waals surface area contributed by atoms with E-state index in [1.807, 2.05) is 13.8 Å². The standard InChI is InChI=1S/C29H46O2/c1-7-29-17-9-11-23(12-13-24-19-27(30)22(4)18-21(24)3)26(29)15-14-25(29)20(2)10-8-16-28(5,6)31/h12-13,20,25-27,30-31H,3-4,7-11,14-19H2,1-2,5-6H3/b23-12+,24-13-/t20?,25-,26+,27-,29?/m1/s1. The molecule has 3 fully saturated rings. The molecule has 0 aromatic rings. The number of fused-ring (bicyclic) bond motifs is 1. The maximum atomic E-state index is 10.2. The van der Waals surface area contributed by atoms with Crippen LogP contribution in [0.4, 0.5) is 0 Å². The second-order valence-electron chi connectivity index (χ2n) is 11.5. The number of rotatable bonds is 7. The normalized spacial score (nSPS) is 35.6. The molecular formula is C29H46O2. The van der Waals surface area contributed by atoms with Gasteiger partial charge in [0.1, 0.15) is 0 Å². The van der Waals surface area contributed by atoms with E-state index >= 15 is 0 Å². The molecular weight excluding hydrogens is 380 g/mol. The van der Waals surface area contributed by atoms with Gasteiger partial charge < -0.3 is 10.2 Å². The van der Waals surface area contributed by atoms with Crippen molar-refractivity contribution in [3.05, 3.63) is 47.6 Å². The molecule has 3 aliphatic rings. The quantitative estimate of drug-likeness (QED) is 0.420. The summed E-state index contributed by atoms with van der Waals surface area (Å²) in [7, 11) is 0. The van der Waals surface area contributed by atoms with E-state index in [1.165, 1.54) is 50.5 Å². The Morgan fingerprint density at radius 1 is 1.23 bits per heavy atom. The van der Waals surface area contributed by atoms with Crippen LogP contribution >= 0.6 is 0 Å². The second-order valence-corrected chi connectivity index (χ2v) is 11.5. The summed E-state index contributed by atoms with van der Waals surface area (Å²) in [4.78, 5) is 0. The van der Waals surface area contributed by atoms with Gasteiger partial charge in [-0.2, -0.15) is 0 Å². The molecule has 2 unspecified atom stereocenters. The van der Waals surface area contributed by atoms with E-state index < -0.39 is 11.7 Å². The molecule has 0 radical (unpaired) electrons. The highest BCUT2D eigenvalue weighted by Gasteiger charge is 2.52. The molecule has 0 saturated heterocycles. The third kappa shape index (κ3) is 5.45. The van der Waals surface area contributed by atoms with E-state index in [1.54, 1.807) is 5.57 Å². The molecule has 0 aliphatic heterocycles. The minimum Gasteiger partial charge on any atom is -0.390 e. The molecule has 3 saturated carbocycles. The third-order valence-corrected chi connectivity index (χ3v) is 8.82. The largest absolute Gasteiger partial charge is 0.390 e. The number of hydrogen-bond donors (Lipinski definition) is 2. The van der Waals surface area contributed by atoms with Crippen LogP contribution in [-0.4, -0.2) is 21.9 Å². The number of aliphatic hydroxyl groups is 2. The van der Waals surface area contributed by atoms with Gasteiger partial charge in [0.15, 0.2) is 0 Å². The molecule has 0 heterocycles. The fourth-order valence-electron chi connectivity index (χ4n) is 7.08. The molecule has 2 heteroatoms. The number of hydrogen-bond acceptors (Lipinski definition) is 2. The molecule has 0 spiro atoms. The minimum absolute atomic E-state index is 0.420. The highest BCUT2D eigenvalue weighted by atomic mass is 16.3. The van der Waals surface area contributed by atoms with Crippen LogP contribution in [0, 0.1) is 23.2 Å². The summed E-state index contributed by atoms with van der Waals surface area (Å²) in [6.45, 7) is 17.0. The monoisotopic (exact) mass is 426 g/mol. The summed E-state index contributed by atoms with van der Waals surface area (Å²) in [5, 5.41) is 20.3. The first kappa shape index (κ1) is 24.5. The Morgan fingerprint density at radius 3 is 2.65 bits per heavy atom. The van der Waals surface area contributed by atoms with Crippen molar-refractivity contribution in [1.29, 1.82) is 0 Å². The Kier molecular flexibility index (Phi) is 7.75. The Bertz CT molecular complexity index is 734. The minimum atomic E-state index is -0.544. The van der Waals surface area contributed by atoms with Crippen molar-refractivity contribution < 1.29 is 10.2 Å². The lowest BCUT2D eigenvalue weighted by Crippen LogP contribution is -2.38. The molecule has 3 aliphatic carbocycles. The maximum absolute atomic E-state index is 10.2. The van der Waals surface area contributed by atoms with E-state index in [0.717, 1.165) is 42.2 Å². The Labute approximate surface area is 191 Å². The van der Waals surface area contributed by atoms with Crippen LogP contribution in [-0.2, 0) is 0 Å². The van der Waals surface area contributed by atoms with Crippen LogP contribution in [0.25, 0.3) is 0 Å². The van der Waals surface area contributed by atoms with Gasteiger partial charge in [-0.25, -0.2) is 0 Å². The predicted octanol–water partition coefficient (Wildman–Crippen LogP) is 7.29. The summed E-state index contributed by atoms with van der Waals surface area (Å²) in [6, 6.07) is 0. The average molecular weight is 427 g/mol. The van der Waals surface area contributed by atoms with Crippen molar-refractivity contribution in [1.82, 2.24) is 0 Å². The topological polar surface area (TPSA) is 40.5 Å². The number of aliphatic hydroxyl groups excluding tert-OH is 1. The molecule has 0 bridgehead atoms. The van der Waals surface area contributed by atoms with Crippen LogP contribution in [0.15, 0.2) is 47.6 Å². The first-order chi connectivity index (χ1) is 14.6. The van der Waals surface area contributed by atoms with Crippen LogP contribution in [0.1, 0.15) is 98.3 Å². The summed E-state index contributed by atoms with van der Waals surface area (Å²) in [6.07, 6.45) is 16.7. The van der Waals surface area contributed by atoms with Crippen molar-refractivity contribution in [2.24, 2.45) is 23.2 Å². The molecule has 2 N–H and O–H groups in total. The summed E-state index contributed by atoms with van der Waals surface area (Å²) in [5.41, 5.74) is 4.77. The molecule has 31 heavy (non-hydrogen) atoms. The fourth-order valence-corrected chi connectivity index (χ4v) is 7.08. The molecule has 2 nitrogen and oxygen atoms in total. The molecule has 5 atom stereocenters. The van der Waals surface area contributed by atoms with Crippen LogP contribution in [0.3, 0.4) is 0 Å². The van der Waals surface area contributed by atoms with E-state index in [-0.39, 0.29) is 0 Å². The van der Waals surface area contributed by atoms with Gasteiger partial charge in [0, 0.05) is 6.42 Å². The van der Waals surface area contributed by atoms with E-state index in [4.69, 9.17) is 0 Å². The smallest absolute Gasteiger partial charge is 0.0791 e. The van der Waals surface area contributed by atoms with Gasteiger partial charge in [-0.15, -0.1) is 0 Å². The molecule has 0 amide bonds. The third-order valence-electron chi connectivity index (χ3n) is 8.82. The van der Waals surface area contributed by atoms with Gasteiger partial charge in [0.25, 0.3) is 0 Å². The van der Waals surface area contributed by atoms with Crippen LogP contribution in [0.5, 0.6) is 0 Å². The van der Waals surface area contributed by atoms with Gasteiger partial charge in [0.05, 0.1) is 11.7 Å². The van der Waals surface area contributed by atoms with Crippen molar-refractivity contribution in [3.63, 3.8) is 0 Å². The lowest BCUT2D eigenvalue weighted by atomic mass is 9.58. The van der Waals surface area contributed by atoms with E-state index in [2.05, 4.69) is 39.2 Å². The van der Waals surface area contributed by atoms with Crippen molar-refractivity contribution >= 4 is 0 Å². The second kappa shape index (κ2) is 9.79. The van der Waals surface area contributed by atoms with E-state index in [9.17, 15) is 10.2 Å². The Balaban J connectivity index is 1.74. The van der Waals surface area contributed by atoms with Crippen LogP contribution in [0.2, 0.25) is 0 Å². The van der Waals surface area contributed by atoms with Gasteiger partial charge in [-0.3, -0.25) is 0 Å². The van der Waals surface area contributed by atoms with Crippen molar-refractivity contribution in [2.75, 3.05) is 0 Å². The molecule has 0 aromatic heterocycles.